The van der Waals surface area contributed by atoms with Crippen molar-refractivity contribution < 1.29 is 9.59 Å². The van der Waals surface area contributed by atoms with Crippen LogP contribution >= 0.6 is 0 Å². The zero-order valence-corrected chi connectivity index (χ0v) is 16.3. The van der Waals surface area contributed by atoms with Crippen molar-refractivity contribution in [3.05, 3.63) is 101 Å². The molecule has 0 unspecified atom stereocenters. The molecule has 1 heterocycles. The molecule has 0 spiro atoms. The van der Waals surface area contributed by atoms with Crippen LogP contribution in [0.1, 0.15) is 33.5 Å². The van der Waals surface area contributed by atoms with Gasteiger partial charge in [-0.05, 0) is 41.3 Å². The van der Waals surface area contributed by atoms with Crippen LogP contribution in [0.5, 0.6) is 0 Å². The van der Waals surface area contributed by atoms with Crippen LogP contribution < -0.4 is 5.32 Å². The Balaban J connectivity index is 1.51. The number of amides is 1. The van der Waals surface area contributed by atoms with E-state index in [0.717, 1.165) is 11.3 Å². The maximum Gasteiger partial charge on any atom is 0.224 e. The minimum Gasteiger partial charge on any atom is -0.326 e. The largest absolute Gasteiger partial charge is 0.326 e. The van der Waals surface area contributed by atoms with E-state index >= 15 is 0 Å². The summed E-state index contributed by atoms with van der Waals surface area (Å²) in [6, 6.07) is 26.0. The predicted molar refractivity (Wildman–Crippen MR) is 115 cm³/mol. The molecular weight excluding hydrogens is 360 g/mol. The Bertz CT molecular complexity index is 958. The lowest BCUT2D eigenvalue weighted by molar-refractivity contribution is -0.116. The first-order chi connectivity index (χ1) is 14.2. The number of anilines is 1. The molecule has 3 aromatic rings. The van der Waals surface area contributed by atoms with Crippen LogP contribution in [0.4, 0.5) is 5.69 Å². The minimum absolute atomic E-state index is 0.0356. The minimum atomic E-state index is 0.0356. The summed E-state index contributed by atoms with van der Waals surface area (Å²) in [6.07, 6.45) is 1.15. The van der Waals surface area contributed by atoms with Crippen molar-refractivity contribution >= 4 is 17.4 Å². The van der Waals surface area contributed by atoms with Crippen molar-refractivity contribution in [1.82, 2.24) is 4.90 Å². The first-order valence-corrected chi connectivity index (χ1v) is 9.93. The van der Waals surface area contributed by atoms with Crippen molar-refractivity contribution in [2.75, 3.05) is 11.9 Å². The zero-order chi connectivity index (χ0) is 20.1. The number of nitrogens with one attached hydrogen (secondary N) is 1. The van der Waals surface area contributed by atoms with Crippen molar-refractivity contribution in [3.8, 4) is 0 Å². The fraction of sp³-hybridized carbons (Fsp3) is 0.200. The third kappa shape index (κ3) is 4.98. The smallest absolute Gasteiger partial charge is 0.224 e. The molecule has 0 aromatic heterocycles. The molecule has 0 radical (unpaired) electrons. The predicted octanol–water partition coefficient (Wildman–Crippen LogP) is 4.46. The van der Waals surface area contributed by atoms with Gasteiger partial charge < -0.3 is 5.32 Å². The Morgan fingerprint density at radius 2 is 1.45 bits per heavy atom. The first-order valence-electron chi connectivity index (χ1n) is 9.93. The van der Waals surface area contributed by atoms with E-state index in [2.05, 4.69) is 34.5 Å². The van der Waals surface area contributed by atoms with Gasteiger partial charge in [-0.3, -0.25) is 14.5 Å². The van der Waals surface area contributed by atoms with Crippen LogP contribution in [0, 0.1) is 0 Å². The average molecular weight is 384 g/mol. The molecule has 0 saturated carbocycles. The summed E-state index contributed by atoms with van der Waals surface area (Å²) in [7, 11) is 0. The average Bonchev–Trinajstić information content (AvgIpc) is 2.74. The number of aryl methyl sites for hydroxylation is 1. The van der Waals surface area contributed by atoms with Crippen LogP contribution in [-0.4, -0.2) is 23.1 Å². The van der Waals surface area contributed by atoms with Crippen LogP contribution in [0.25, 0.3) is 0 Å². The second-order valence-electron chi connectivity index (χ2n) is 7.46. The van der Waals surface area contributed by atoms with E-state index in [1.807, 2.05) is 54.6 Å². The lowest BCUT2D eigenvalue weighted by Gasteiger charge is -2.23. The molecule has 1 aliphatic rings. The molecular formula is C25H24N2O2. The summed E-state index contributed by atoms with van der Waals surface area (Å²) in [6.45, 7) is 1.76. The fourth-order valence-corrected chi connectivity index (χ4v) is 3.70. The summed E-state index contributed by atoms with van der Waals surface area (Å²) < 4.78 is 0. The normalized spacial score (nSPS) is 13.1. The number of rotatable bonds is 7. The molecule has 0 atom stereocenters. The molecule has 4 nitrogen and oxygen atoms in total. The summed E-state index contributed by atoms with van der Waals surface area (Å²) in [4.78, 5) is 26.8. The van der Waals surface area contributed by atoms with Gasteiger partial charge in [0.2, 0.25) is 5.91 Å². The number of hydrogen-bond acceptors (Lipinski definition) is 3. The monoisotopic (exact) mass is 384 g/mol. The van der Waals surface area contributed by atoms with Gasteiger partial charge >= 0.3 is 0 Å². The van der Waals surface area contributed by atoms with Gasteiger partial charge in [0.05, 0.1) is 6.54 Å². The van der Waals surface area contributed by atoms with E-state index < -0.39 is 0 Å². The van der Waals surface area contributed by atoms with Gasteiger partial charge in [-0.25, -0.2) is 0 Å². The SMILES string of the molecule is O=C1CCc2cc(C(=O)CN(Cc3ccccc3)Cc3ccccc3)ccc2N1. The number of benzene rings is 3. The molecule has 1 amide bonds. The topological polar surface area (TPSA) is 49.4 Å². The van der Waals surface area contributed by atoms with Crippen LogP contribution in [0.2, 0.25) is 0 Å². The number of carbonyl (C=O) groups is 2. The van der Waals surface area contributed by atoms with Crippen molar-refractivity contribution in [2.45, 2.75) is 25.9 Å². The molecule has 1 N–H and O–H groups in total. The molecule has 0 bridgehead atoms. The van der Waals surface area contributed by atoms with Gasteiger partial charge in [0.25, 0.3) is 0 Å². The van der Waals surface area contributed by atoms with Crippen molar-refractivity contribution in [1.29, 1.82) is 0 Å². The Kier molecular flexibility index (Phi) is 5.82. The standard InChI is InChI=1S/C25H24N2O2/c28-24(22-11-13-23-21(15-22)12-14-25(29)26-23)18-27(16-19-7-3-1-4-8-19)17-20-9-5-2-6-10-20/h1-11,13,15H,12,14,16-18H2,(H,26,29). The maximum atomic E-state index is 13.1. The van der Waals surface area contributed by atoms with E-state index in [-0.39, 0.29) is 11.7 Å². The zero-order valence-electron chi connectivity index (χ0n) is 16.3. The van der Waals surface area contributed by atoms with Gasteiger partial charge in [-0.2, -0.15) is 0 Å². The van der Waals surface area contributed by atoms with E-state index in [1.165, 1.54) is 11.1 Å². The molecule has 29 heavy (non-hydrogen) atoms. The Hall–Kier alpha value is -3.24. The second kappa shape index (κ2) is 8.84. The van der Waals surface area contributed by atoms with Crippen LogP contribution in [-0.2, 0) is 24.3 Å². The molecule has 4 heteroatoms. The quantitative estimate of drug-likeness (QED) is 0.612. The lowest BCUT2D eigenvalue weighted by Crippen LogP contribution is -2.29. The molecule has 0 fully saturated rings. The van der Waals surface area contributed by atoms with Crippen molar-refractivity contribution in [2.24, 2.45) is 0 Å². The van der Waals surface area contributed by atoms with Crippen LogP contribution in [0.15, 0.2) is 78.9 Å². The first kappa shape index (κ1) is 19.1. The van der Waals surface area contributed by atoms with Gasteiger partial charge in [0.15, 0.2) is 5.78 Å². The summed E-state index contributed by atoms with van der Waals surface area (Å²) in [5.74, 6) is 0.130. The molecule has 4 rings (SSSR count). The van der Waals surface area contributed by atoms with Crippen molar-refractivity contribution in [3.63, 3.8) is 0 Å². The highest BCUT2D eigenvalue weighted by Gasteiger charge is 2.18. The number of hydrogen-bond donors (Lipinski definition) is 1. The number of ketones is 1. The molecule has 146 valence electrons. The summed E-state index contributed by atoms with van der Waals surface area (Å²) in [5.41, 5.74) is 4.93. The van der Waals surface area contributed by atoms with E-state index in [9.17, 15) is 9.59 Å². The maximum absolute atomic E-state index is 13.1. The number of carbonyl (C=O) groups excluding carboxylic acids is 2. The second-order valence-corrected chi connectivity index (χ2v) is 7.46. The molecule has 0 saturated heterocycles. The molecule has 1 aliphatic heterocycles. The van der Waals surface area contributed by atoms with Gasteiger partial charge in [-0.15, -0.1) is 0 Å². The highest BCUT2D eigenvalue weighted by Crippen LogP contribution is 2.24. The van der Waals surface area contributed by atoms with E-state index in [1.54, 1.807) is 0 Å². The molecule has 3 aromatic carbocycles. The van der Waals surface area contributed by atoms with Gasteiger partial charge in [-0.1, -0.05) is 60.7 Å². The highest BCUT2D eigenvalue weighted by molar-refractivity contribution is 6.00. The Morgan fingerprint density at radius 1 is 0.828 bits per heavy atom. The highest BCUT2D eigenvalue weighted by atomic mass is 16.1. The third-order valence-corrected chi connectivity index (χ3v) is 5.19. The van der Waals surface area contributed by atoms with E-state index in [4.69, 9.17) is 0 Å². The number of nitrogens with zero attached hydrogens (tertiary/aromatic N) is 1. The number of fused-ring (bicyclic) bond motifs is 1. The third-order valence-electron chi connectivity index (χ3n) is 5.19. The fourth-order valence-electron chi connectivity index (χ4n) is 3.70. The lowest BCUT2D eigenvalue weighted by atomic mass is 9.98. The Morgan fingerprint density at radius 3 is 2.07 bits per heavy atom. The Labute approximate surface area is 171 Å². The van der Waals surface area contributed by atoms with Gasteiger partial charge in [0, 0.05) is 30.8 Å². The van der Waals surface area contributed by atoms with Gasteiger partial charge in [0.1, 0.15) is 0 Å². The summed E-state index contributed by atoms with van der Waals surface area (Å²) in [5, 5.41) is 2.87. The van der Waals surface area contributed by atoms with Crippen LogP contribution in [0.3, 0.4) is 0 Å². The van der Waals surface area contributed by atoms with E-state index in [0.29, 0.717) is 38.0 Å². The number of Topliss-reactive ketones (excluding diaryl/α,β-unsaturated/α-hetero) is 1. The summed E-state index contributed by atoms with van der Waals surface area (Å²) >= 11 is 0. The molecule has 0 aliphatic carbocycles.